The van der Waals surface area contributed by atoms with Gasteiger partial charge in [-0.1, -0.05) is 37.3 Å². The molecule has 2 nitrogen and oxygen atoms in total. The topological polar surface area (TPSA) is 21.3 Å². The zero-order valence-corrected chi connectivity index (χ0v) is 12.6. The van der Waals surface area contributed by atoms with E-state index >= 15 is 0 Å². The number of ether oxygens (including phenoxy) is 1. The molecule has 0 bridgehead atoms. The molecule has 0 aromatic heterocycles. The number of nitrogens with one attached hydrogen (secondary N) is 1. The second-order valence-electron chi connectivity index (χ2n) is 5.05. The molecule has 0 atom stereocenters. The molecule has 0 saturated carbocycles. The Bertz CT molecular complexity index is 546. The van der Waals surface area contributed by atoms with E-state index in [2.05, 4.69) is 49.5 Å². The van der Waals surface area contributed by atoms with E-state index in [9.17, 15) is 0 Å². The van der Waals surface area contributed by atoms with Crippen LogP contribution < -0.4 is 10.1 Å². The van der Waals surface area contributed by atoms with Crippen LogP contribution in [0, 0.1) is 6.92 Å². The lowest BCUT2D eigenvalue weighted by Crippen LogP contribution is -2.05. The summed E-state index contributed by atoms with van der Waals surface area (Å²) in [5.74, 6) is 0.944. The van der Waals surface area contributed by atoms with Gasteiger partial charge in [-0.05, 0) is 54.8 Å². The van der Waals surface area contributed by atoms with Crippen LogP contribution in [0.25, 0.3) is 11.1 Å². The second kappa shape index (κ2) is 7.11. The van der Waals surface area contributed by atoms with Gasteiger partial charge < -0.3 is 10.1 Å². The number of hydrogen-bond donors (Lipinski definition) is 1. The molecule has 20 heavy (non-hydrogen) atoms. The van der Waals surface area contributed by atoms with Crippen LogP contribution in [0.3, 0.4) is 0 Å². The maximum atomic E-state index is 5.62. The van der Waals surface area contributed by atoms with Crippen molar-refractivity contribution in [3.8, 4) is 16.9 Å². The third kappa shape index (κ3) is 3.61. The first kappa shape index (κ1) is 14.6. The summed E-state index contributed by atoms with van der Waals surface area (Å²) in [6.07, 6.45) is 1.04. The molecule has 0 aliphatic carbocycles. The Morgan fingerprint density at radius 1 is 1.05 bits per heavy atom. The van der Waals surface area contributed by atoms with Gasteiger partial charge in [0.1, 0.15) is 5.75 Å². The smallest absolute Gasteiger partial charge is 0.119 e. The molecule has 1 N–H and O–H groups in total. The average Bonchev–Trinajstić information content (AvgIpc) is 2.46. The lowest BCUT2D eigenvalue weighted by Gasteiger charge is -2.10. The molecule has 0 radical (unpaired) electrons. The fraction of sp³-hybridized carbons (Fsp3) is 0.333. The van der Waals surface area contributed by atoms with Gasteiger partial charge in [0.05, 0.1) is 6.61 Å². The van der Waals surface area contributed by atoms with Crippen molar-refractivity contribution in [1.29, 1.82) is 0 Å². The largest absolute Gasteiger partial charge is 0.494 e. The molecular formula is C18H23NO. The van der Waals surface area contributed by atoms with Crippen molar-refractivity contribution >= 4 is 0 Å². The first-order valence-corrected chi connectivity index (χ1v) is 7.22. The molecule has 0 aliphatic heterocycles. The molecule has 106 valence electrons. The Morgan fingerprint density at radius 2 is 1.80 bits per heavy atom. The minimum atomic E-state index is 0.775. The highest BCUT2D eigenvalue weighted by Gasteiger charge is 2.03. The summed E-state index contributed by atoms with van der Waals surface area (Å²) in [5, 5.41) is 3.18. The first-order valence-electron chi connectivity index (χ1n) is 7.22. The van der Waals surface area contributed by atoms with E-state index in [1.165, 1.54) is 22.3 Å². The lowest BCUT2D eigenvalue weighted by atomic mass is 9.98. The molecule has 2 rings (SSSR count). The van der Waals surface area contributed by atoms with Gasteiger partial charge in [-0.3, -0.25) is 0 Å². The van der Waals surface area contributed by atoms with E-state index in [1.54, 1.807) is 0 Å². The third-order valence-electron chi connectivity index (χ3n) is 3.31. The van der Waals surface area contributed by atoms with Gasteiger partial charge in [0.15, 0.2) is 0 Å². The van der Waals surface area contributed by atoms with E-state index in [0.29, 0.717) is 0 Å². The Balaban J connectivity index is 2.18. The van der Waals surface area contributed by atoms with Crippen molar-refractivity contribution in [1.82, 2.24) is 5.32 Å². The van der Waals surface area contributed by atoms with Crippen LogP contribution in [0.5, 0.6) is 5.75 Å². The lowest BCUT2D eigenvalue weighted by molar-refractivity contribution is 0.317. The van der Waals surface area contributed by atoms with Crippen LogP contribution >= 0.6 is 0 Å². The number of aryl methyl sites for hydroxylation is 1. The highest BCUT2D eigenvalue weighted by atomic mass is 16.5. The van der Waals surface area contributed by atoms with Crippen LogP contribution in [0.2, 0.25) is 0 Å². The molecule has 2 aromatic carbocycles. The predicted molar refractivity (Wildman–Crippen MR) is 85.2 cm³/mol. The van der Waals surface area contributed by atoms with Crippen LogP contribution in [-0.4, -0.2) is 13.7 Å². The number of benzene rings is 2. The van der Waals surface area contributed by atoms with E-state index in [4.69, 9.17) is 4.74 Å². The van der Waals surface area contributed by atoms with E-state index in [0.717, 1.165) is 25.3 Å². The van der Waals surface area contributed by atoms with Crippen molar-refractivity contribution in [3.63, 3.8) is 0 Å². The highest BCUT2D eigenvalue weighted by Crippen LogP contribution is 2.26. The fourth-order valence-corrected chi connectivity index (χ4v) is 2.31. The molecule has 0 amide bonds. The summed E-state index contributed by atoms with van der Waals surface area (Å²) in [6.45, 7) is 5.96. The summed E-state index contributed by atoms with van der Waals surface area (Å²) in [5.41, 5.74) is 5.14. The SMILES string of the molecule is CCCOc1ccc(-c2ccc(CNC)cc2C)cc1. The third-order valence-corrected chi connectivity index (χ3v) is 3.31. The standard InChI is InChI=1S/C18H23NO/c1-4-11-20-17-8-6-16(7-9-17)18-10-5-15(13-19-3)12-14(18)2/h5-10,12,19H,4,11,13H2,1-3H3. The van der Waals surface area contributed by atoms with Crippen molar-refractivity contribution in [2.45, 2.75) is 26.8 Å². The minimum absolute atomic E-state index is 0.775. The van der Waals surface area contributed by atoms with Crippen LogP contribution in [-0.2, 0) is 6.54 Å². The molecule has 0 heterocycles. The van der Waals surface area contributed by atoms with Crippen molar-refractivity contribution in [2.24, 2.45) is 0 Å². The minimum Gasteiger partial charge on any atom is -0.494 e. The van der Waals surface area contributed by atoms with Crippen molar-refractivity contribution in [3.05, 3.63) is 53.6 Å². The number of hydrogen-bond acceptors (Lipinski definition) is 2. The van der Waals surface area contributed by atoms with Gasteiger partial charge in [0.2, 0.25) is 0 Å². The molecule has 0 unspecified atom stereocenters. The molecule has 2 heteroatoms. The Hall–Kier alpha value is -1.80. The van der Waals surface area contributed by atoms with Gasteiger partial charge in [-0.2, -0.15) is 0 Å². The summed E-state index contributed by atoms with van der Waals surface area (Å²) < 4.78 is 5.62. The summed E-state index contributed by atoms with van der Waals surface area (Å²) in [4.78, 5) is 0. The quantitative estimate of drug-likeness (QED) is 0.849. The summed E-state index contributed by atoms with van der Waals surface area (Å²) in [7, 11) is 1.97. The van der Waals surface area contributed by atoms with Gasteiger partial charge in [0.25, 0.3) is 0 Å². The molecular weight excluding hydrogens is 246 g/mol. The van der Waals surface area contributed by atoms with Crippen molar-refractivity contribution < 1.29 is 4.74 Å². The van der Waals surface area contributed by atoms with Gasteiger partial charge in [0, 0.05) is 6.54 Å². The monoisotopic (exact) mass is 269 g/mol. The zero-order chi connectivity index (χ0) is 14.4. The van der Waals surface area contributed by atoms with E-state index in [1.807, 2.05) is 19.2 Å². The van der Waals surface area contributed by atoms with Crippen LogP contribution in [0.4, 0.5) is 0 Å². The zero-order valence-electron chi connectivity index (χ0n) is 12.6. The Morgan fingerprint density at radius 3 is 2.40 bits per heavy atom. The summed E-state index contributed by atoms with van der Waals surface area (Å²) >= 11 is 0. The molecule has 0 aliphatic rings. The summed E-state index contributed by atoms with van der Waals surface area (Å²) in [6, 6.07) is 15.0. The van der Waals surface area contributed by atoms with Gasteiger partial charge >= 0.3 is 0 Å². The Labute approximate surface area is 121 Å². The van der Waals surface area contributed by atoms with Gasteiger partial charge in [-0.25, -0.2) is 0 Å². The maximum Gasteiger partial charge on any atom is 0.119 e. The maximum absolute atomic E-state index is 5.62. The molecule has 0 fully saturated rings. The van der Waals surface area contributed by atoms with E-state index < -0.39 is 0 Å². The van der Waals surface area contributed by atoms with Gasteiger partial charge in [-0.15, -0.1) is 0 Å². The predicted octanol–water partition coefficient (Wildman–Crippen LogP) is 4.17. The highest BCUT2D eigenvalue weighted by molar-refractivity contribution is 5.68. The first-order chi connectivity index (χ1) is 9.74. The Kier molecular flexibility index (Phi) is 5.19. The molecule has 2 aromatic rings. The number of rotatable bonds is 6. The van der Waals surface area contributed by atoms with Crippen LogP contribution in [0.15, 0.2) is 42.5 Å². The average molecular weight is 269 g/mol. The molecule has 0 saturated heterocycles. The van der Waals surface area contributed by atoms with E-state index in [-0.39, 0.29) is 0 Å². The molecule has 0 spiro atoms. The van der Waals surface area contributed by atoms with Crippen molar-refractivity contribution in [2.75, 3.05) is 13.7 Å². The second-order valence-corrected chi connectivity index (χ2v) is 5.05. The fourth-order valence-electron chi connectivity index (χ4n) is 2.31. The van der Waals surface area contributed by atoms with Crippen LogP contribution in [0.1, 0.15) is 24.5 Å². The normalized spacial score (nSPS) is 10.6.